The summed E-state index contributed by atoms with van der Waals surface area (Å²) in [4.78, 5) is 0. The van der Waals surface area contributed by atoms with Crippen molar-refractivity contribution in [2.24, 2.45) is 0 Å². The highest BCUT2D eigenvalue weighted by atomic mass is 16.5. The number of hydrogen-bond donors (Lipinski definition) is 2. The van der Waals surface area contributed by atoms with Gasteiger partial charge in [0.15, 0.2) is 11.5 Å². The van der Waals surface area contributed by atoms with Gasteiger partial charge in [-0.05, 0) is 24.6 Å². The molecule has 0 bridgehead atoms. The van der Waals surface area contributed by atoms with E-state index in [9.17, 15) is 0 Å². The number of nitrogens with two attached hydrogens (primary N) is 1. The predicted molar refractivity (Wildman–Crippen MR) is 85.0 cm³/mol. The smallest absolute Gasteiger partial charge is 0.203 e. The molecule has 0 saturated carbocycles. The molecule has 2 rings (SSSR count). The van der Waals surface area contributed by atoms with Crippen molar-refractivity contribution in [2.75, 3.05) is 32.4 Å². The van der Waals surface area contributed by atoms with Gasteiger partial charge in [0, 0.05) is 29.2 Å². The third kappa shape index (κ3) is 3.13. The van der Waals surface area contributed by atoms with Gasteiger partial charge in [-0.25, -0.2) is 0 Å². The minimum absolute atomic E-state index is 0.564. The summed E-state index contributed by atoms with van der Waals surface area (Å²) in [5.74, 6) is 1.76. The van der Waals surface area contributed by atoms with E-state index in [-0.39, 0.29) is 0 Å². The first-order chi connectivity index (χ1) is 10.1. The lowest BCUT2D eigenvalue weighted by molar-refractivity contribution is 0.324. The fourth-order valence-corrected chi connectivity index (χ4v) is 2.04. The number of ether oxygens (including phenoxy) is 3. The quantitative estimate of drug-likeness (QED) is 0.826. The van der Waals surface area contributed by atoms with Crippen LogP contribution in [-0.4, -0.2) is 21.3 Å². The molecule has 0 fully saturated rings. The number of nitrogens with one attached hydrogen (secondary N) is 1. The van der Waals surface area contributed by atoms with Crippen LogP contribution in [0.2, 0.25) is 0 Å². The highest BCUT2D eigenvalue weighted by Gasteiger charge is 2.13. The Morgan fingerprint density at radius 3 is 1.95 bits per heavy atom. The summed E-state index contributed by atoms with van der Waals surface area (Å²) in [6.45, 7) is 1.97. The van der Waals surface area contributed by atoms with Crippen molar-refractivity contribution in [3.63, 3.8) is 0 Å². The number of aryl methyl sites for hydroxylation is 1. The molecule has 0 radical (unpaired) electrons. The predicted octanol–water partition coefficient (Wildman–Crippen LogP) is 3.35. The molecule has 0 atom stereocenters. The van der Waals surface area contributed by atoms with Crippen LogP contribution in [0.1, 0.15) is 5.56 Å². The van der Waals surface area contributed by atoms with E-state index in [0.717, 1.165) is 22.6 Å². The first-order valence-electron chi connectivity index (χ1n) is 6.52. The summed E-state index contributed by atoms with van der Waals surface area (Å²) in [6.07, 6.45) is 0. The van der Waals surface area contributed by atoms with Crippen molar-refractivity contribution in [3.05, 3.63) is 35.9 Å². The molecule has 5 nitrogen and oxygen atoms in total. The van der Waals surface area contributed by atoms with Crippen molar-refractivity contribution >= 4 is 17.1 Å². The van der Waals surface area contributed by atoms with Gasteiger partial charge in [-0.3, -0.25) is 0 Å². The van der Waals surface area contributed by atoms with Crippen LogP contribution in [0, 0.1) is 6.92 Å². The largest absolute Gasteiger partial charge is 0.493 e. The van der Waals surface area contributed by atoms with Gasteiger partial charge >= 0.3 is 0 Å². The maximum Gasteiger partial charge on any atom is 0.203 e. The van der Waals surface area contributed by atoms with E-state index in [1.165, 1.54) is 0 Å². The monoisotopic (exact) mass is 288 g/mol. The lowest BCUT2D eigenvalue weighted by Crippen LogP contribution is -1.98. The van der Waals surface area contributed by atoms with Gasteiger partial charge in [0.25, 0.3) is 0 Å². The van der Waals surface area contributed by atoms with Crippen LogP contribution in [0.4, 0.5) is 17.1 Å². The Balaban J connectivity index is 2.37. The number of nitrogen functional groups attached to an aromatic ring is 1. The topological polar surface area (TPSA) is 65.7 Å². The molecule has 0 amide bonds. The Labute approximate surface area is 124 Å². The molecule has 112 valence electrons. The lowest BCUT2D eigenvalue weighted by atomic mass is 10.1. The molecule has 3 N–H and O–H groups in total. The molecule has 0 saturated heterocycles. The standard InChI is InChI=1S/C16H20N2O3/c1-10-5-6-11(7-13(10)17)18-12-8-14(19-2)16(21-4)15(9-12)20-3/h5-9,18H,17H2,1-4H3. The Morgan fingerprint density at radius 2 is 1.48 bits per heavy atom. The van der Waals surface area contributed by atoms with E-state index in [1.54, 1.807) is 21.3 Å². The molecule has 21 heavy (non-hydrogen) atoms. The Kier molecular flexibility index (Phi) is 4.42. The number of rotatable bonds is 5. The Hall–Kier alpha value is -2.56. The van der Waals surface area contributed by atoms with Crippen LogP contribution in [-0.2, 0) is 0 Å². The van der Waals surface area contributed by atoms with Crippen LogP contribution < -0.4 is 25.3 Å². The fourth-order valence-electron chi connectivity index (χ4n) is 2.04. The second-order valence-electron chi connectivity index (χ2n) is 4.61. The molecule has 0 aliphatic rings. The first kappa shape index (κ1) is 14.8. The van der Waals surface area contributed by atoms with Crippen LogP contribution in [0.3, 0.4) is 0 Å². The SMILES string of the molecule is COc1cc(Nc2ccc(C)c(N)c2)cc(OC)c1OC. The van der Waals surface area contributed by atoms with Gasteiger partial charge < -0.3 is 25.3 Å². The van der Waals surface area contributed by atoms with Crippen molar-refractivity contribution < 1.29 is 14.2 Å². The molecule has 2 aromatic rings. The summed E-state index contributed by atoms with van der Waals surface area (Å²) in [7, 11) is 4.75. The van der Waals surface area contributed by atoms with Crippen LogP contribution in [0.25, 0.3) is 0 Å². The van der Waals surface area contributed by atoms with Crippen molar-refractivity contribution in [1.29, 1.82) is 0 Å². The molecule has 0 aliphatic heterocycles. The third-order valence-electron chi connectivity index (χ3n) is 3.23. The zero-order chi connectivity index (χ0) is 15.4. The maximum absolute atomic E-state index is 5.92. The summed E-state index contributed by atoms with van der Waals surface area (Å²) in [5.41, 5.74) is 9.43. The Morgan fingerprint density at radius 1 is 0.857 bits per heavy atom. The average molecular weight is 288 g/mol. The van der Waals surface area contributed by atoms with E-state index >= 15 is 0 Å². The van der Waals surface area contributed by atoms with E-state index in [0.29, 0.717) is 17.2 Å². The van der Waals surface area contributed by atoms with Gasteiger partial charge in [-0.15, -0.1) is 0 Å². The minimum Gasteiger partial charge on any atom is -0.493 e. The molecule has 0 spiro atoms. The number of hydrogen-bond acceptors (Lipinski definition) is 5. The van der Waals surface area contributed by atoms with E-state index in [2.05, 4.69) is 5.32 Å². The highest BCUT2D eigenvalue weighted by Crippen LogP contribution is 2.40. The highest BCUT2D eigenvalue weighted by molar-refractivity contribution is 5.70. The fraction of sp³-hybridized carbons (Fsp3) is 0.250. The molecule has 0 heterocycles. The average Bonchev–Trinajstić information content (AvgIpc) is 2.49. The van der Waals surface area contributed by atoms with E-state index in [1.807, 2.05) is 37.3 Å². The molecular weight excluding hydrogens is 268 g/mol. The molecular formula is C16H20N2O3. The summed E-state index contributed by atoms with van der Waals surface area (Å²) < 4.78 is 16.0. The second kappa shape index (κ2) is 6.26. The molecule has 0 aromatic heterocycles. The summed E-state index contributed by atoms with van der Waals surface area (Å²) in [6, 6.07) is 9.51. The zero-order valence-electron chi connectivity index (χ0n) is 12.7. The van der Waals surface area contributed by atoms with Gasteiger partial charge in [0.1, 0.15) is 0 Å². The Bertz CT molecular complexity index is 616. The first-order valence-corrected chi connectivity index (χ1v) is 6.52. The van der Waals surface area contributed by atoms with Crippen LogP contribution in [0.5, 0.6) is 17.2 Å². The number of anilines is 3. The van der Waals surface area contributed by atoms with Gasteiger partial charge in [0.05, 0.1) is 21.3 Å². The normalized spacial score (nSPS) is 10.1. The minimum atomic E-state index is 0.564. The number of methoxy groups -OCH3 is 3. The summed E-state index contributed by atoms with van der Waals surface area (Å²) >= 11 is 0. The van der Waals surface area contributed by atoms with Crippen LogP contribution in [0.15, 0.2) is 30.3 Å². The van der Waals surface area contributed by atoms with Crippen LogP contribution >= 0.6 is 0 Å². The lowest BCUT2D eigenvalue weighted by Gasteiger charge is -2.15. The van der Waals surface area contributed by atoms with Gasteiger partial charge in [-0.2, -0.15) is 0 Å². The van der Waals surface area contributed by atoms with Gasteiger partial charge in [-0.1, -0.05) is 6.07 Å². The number of benzene rings is 2. The maximum atomic E-state index is 5.92. The van der Waals surface area contributed by atoms with E-state index in [4.69, 9.17) is 19.9 Å². The second-order valence-corrected chi connectivity index (χ2v) is 4.61. The summed E-state index contributed by atoms with van der Waals surface area (Å²) in [5, 5.41) is 3.28. The van der Waals surface area contributed by atoms with Crippen molar-refractivity contribution in [1.82, 2.24) is 0 Å². The van der Waals surface area contributed by atoms with Crippen molar-refractivity contribution in [3.8, 4) is 17.2 Å². The van der Waals surface area contributed by atoms with E-state index < -0.39 is 0 Å². The zero-order valence-corrected chi connectivity index (χ0v) is 12.7. The van der Waals surface area contributed by atoms with Gasteiger partial charge in [0.2, 0.25) is 5.75 Å². The molecule has 0 aliphatic carbocycles. The molecule has 0 unspecified atom stereocenters. The molecule has 5 heteroatoms. The third-order valence-corrected chi connectivity index (χ3v) is 3.23. The van der Waals surface area contributed by atoms with Crippen molar-refractivity contribution in [2.45, 2.75) is 6.92 Å². The molecule has 2 aromatic carbocycles.